The number of pyridine rings is 1. The molecule has 0 unspecified atom stereocenters. The van der Waals surface area contributed by atoms with E-state index in [1.54, 1.807) is 31.5 Å². The van der Waals surface area contributed by atoms with Crippen LogP contribution in [0.2, 0.25) is 0 Å². The number of rotatable bonds is 5. The largest absolute Gasteiger partial charge is 0.493 e. The summed E-state index contributed by atoms with van der Waals surface area (Å²) in [5, 5.41) is 0. The number of benzene rings is 1. The lowest BCUT2D eigenvalue weighted by molar-refractivity contribution is 0.319. The second-order valence-corrected chi connectivity index (χ2v) is 4.43. The molecule has 4 heteroatoms. The molecule has 0 saturated heterocycles. The number of hydrogen-bond acceptors (Lipinski definition) is 3. The Morgan fingerprint density at radius 3 is 2.84 bits per heavy atom. The summed E-state index contributed by atoms with van der Waals surface area (Å²) in [7, 11) is 0. The van der Waals surface area contributed by atoms with Gasteiger partial charge in [-0.3, -0.25) is 4.98 Å². The van der Waals surface area contributed by atoms with E-state index in [1.165, 1.54) is 6.07 Å². The molecule has 1 heterocycles. The highest BCUT2D eigenvalue weighted by atomic mass is 19.1. The smallest absolute Gasteiger partial charge is 0.131 e. The van der Waals surface area contributed by atoms with Gasteiger partial charge >= 0.3 is 0 Å². The zero-order chi connectivity index (χ0) is 13.7. The number of nitrogens with two attached hydrogens (primary N) is 1. The highest BCUT2D eigenvalue weighted by Gasteiger charge is 2.07. The zero-order valence-corrected chi connectivity index (χ0v) is 10.8. The number of nitrogens with zero attached hydrogens (tertiary/aromatic N) is 1. The van der Waals surface area contributed by atoms with Crippen LogP contribution in [0.5, 0.6) is 5.75 Å². The SMILES string of the molecule is C[C@@H](N)c1ccc(OCCc2cccnc2)cc1F. The first kappa shape index (κ1) is 13.5. The third kappa shape index (κ3) is 3.76. The first-order valence-corrected chi connectivity index (χ1v) is 6.23. The minimum atomic E-state index is -0.325. The number of halogens is 1. The maximum atomic E-state index is 13.7. The molecule has 2 aromatic rings. The molecule has 0 aliphatic carbocycles. The van der Waals surface area contributed by atoms with Crippen molar-refractivity contribution in [2.75, 3.05) is 6.61 Å². The Bertz CT molecular complexity index is 529. The molecule has 0 radical (unpaired) electrons. The van der Waals surface area contributed by atoms with Crippen LogP contribution >= 0.6 is 0 Å². The minimum Gasteiger partial charge on any atom is -0.493 e. The van der Waals surface area contributed by atoms with Crippen molar-refractivity contribution in [2.24, 2.45) is 5.73 Å². The van der Waals surface area contributed by atoms with Crippen LogP contribution < -0.4 is 10.5 Å². The van der Waals surface area contributed by atoms with Crippen LogP contribution in [0.15, 0.2) is 42.7 Å². The summed E-state index contributed by atoms with van der Waals surface area (Å²) < 4.78 is 19.2. The van der Waals surface area contributed by atoms with Crippen molar-refractivity contribution < 1.29 is 9.13 Å². The first-order valence-electron chi connectivity index (χ1n) is 6.23. The lowest BCUT2D eigenvalue weighted by Gasteiger charge is -2.10. The van der Waals surface area contributed by atoms with Crippen LogP contribution in [0.3, 0.4) is 0 Å². The number of aromatic nitrogens is 1. The van der Waals surface area contributed by atoms with Crippen molar-refractivity contribution in [2.45, 2.75) is 19.4 Å². The van der Waals surface area contributed by atoms with E-state index < -0.39 is 0 Å². The summed E-state index contributed by atoms with van der Waals surface area (Å²) in [5.41, 5.74) is 7.25. The standard InChI is InChI=1S/C15H17FN2O/c1-11(17)14-5-4-13(9-15(14)16)19-8-6-12-3-2-7-18-10-12/h2-5,7,9-11H,6,8,17H2,1H3/t11-/m1/s1. The molecular formula is C15H17FN2O. The van der Waals surface area contributed by atoms with Crippen molar-refractivity contribution in [3.63, 3.8) is 0 Å². The molecular weight excluding hydrogens is 243 g/mol. The monoisotopic (exact) mass is 260 g/mol. The Kier molecular flexibility index (Phi) is 4.47. The van der Waals surface area contributed by atoms with E-state index in [2.05, 4.69) is 4.98 Å². The Labute approximate surface area is 112 Å². The van der Waals surface area contributed by atoms with Crippen LogP contribution in [0.25, 0.3) is 0 Å². The molecule has 0 aliphatic rings. The summed E-state index contributed by atoms with van der Waals surface area (Å²) in [6.45, 7) is 2.24. The van der Waals surface area contributed by atoms with Gasteiger partial charge in [-0.05, 0) is 24.6 Å². The van der Waals surface area contributed by atoms with Crippen molar-refractivity contribution in [1.29, 1.82) is 0 Å². The average molecular weight is 260 g/mol. The molecule has 100 valence electrons. The summed E-state index contributed by atoms with van der Waals surface area (Å²) in [4.78, 5) is 4.03. The van der Waals surface area contributed by atoms with Gasteiger partial charge in [0.1, 0.15) is 11.6 Å². The van der Waals surface area contributed by atoms with Gasteiger partial charge in [0.25, 0.3) is 0 Å². The fraction of sp³-hybridized carbons (Fsp3) is 0.267. The molecule has 0 spiro atoms. The third-order valence-electron chi connectivity index (χ3n) is 2.84. The summed E-state index contributed by atoms with van der Waals surface area (Å²) in [6.07, 6.45) is 4.26. The van der Waals surface area contributed by atoms with E-state index >= 15 is 0 Å². The van der Waals surface area contributed by atoms with Gasteiger partial charge < -0.3 is 10.5 Å². The molecule has 0 aliphatic heterocycles. The van der Waals surface area contributed by atoms with Gasteiger partial charge in [-0.15, -0.1) is 0 Å². The third-order valence-corrected chi connectivity index (χ3v) is 2.84. The molecule has 1 atom stereocenters. The fourth-order valence-electron chi connectivity index (χ4n) is 1.80. The Balaban J connectivity index is 1.92. The highest BCUT2D eigenvalue weighted by molar-refractivity contribution is 5.30. The van der Waals surface area contributed by atoms with Crippen LogP contribution in [-0.2, 0) is 6.42 Å². The predicted octanol–water partition coefficient (Wildman–Crippen LogP) is 2.86. The molecule has 2 N–H and O–H groups in total. The molecule has 2 rings (SSSR count). The maximum Gasteiger partial charge on any atom is 0.131 e. The molecule has 0 fully saturated rings. The normalized spacial score (nSPS) is 12.2. The van der Waals surface area contributed by atoms with Gasteiger partial charge in [0.05, 0.1) is 6.61 Å². The number of ether oxygens (including phenoxy) is 1. The van der Waals surface area contributed by atoms with Crippen molar-refractivity contribution in [3.05, 3.63) is 59.7 Å². The number of hydrogen-bond donors (Lipinski definition) is 1. The van der Waals surface area contributed by atoms with Crippen molar-refractivity contribution in [3.8, 4) is 5.75 Å². The topological polar surface area (TPSA) is 48.1 Å². The van der Waals surface area contributed by atoms with Crippen LogP contribution in [0.1, 0.15) is 24.1 Å². The van der Waals surface area contributed by atoms with Crippen LogP contribution in [0.4, 0.5) is 4.39 Å². The zero-order valence-electron chi connectivity index (χ0n) is 10.8. The van der Waals surface area contributed by atoms with Crippen molar-refractivity contribution in [1.82, 2.24) is 4.98 Å². The maximum absolute atomic E-state index is 13.7. The Morgan fingerprint density at radius 1 is 1.37 bits per heavy atom. The van der Waals surface area contributed by atoms with E-state index in [1.807, 2.05) is 12.1 Å². The Hall–Kier alpha value is -1.94. The summed E-state index contributed by atoms with van der Waals surface area (Å²) in [5.74, 6) is 0.194. The molecule has 1 aromatic heterocycles. The van der Waals surface area contributed by atoms with Crippen LogP contribution in [-0.4, -0.2) is 11.6 Å². The van der Waals surface area contributed by atoms with E-state index in [0.29, 0.717) is 17.9 Å². The Morgan fingerprint density at radius 2 is 2.21 bits per heavy atom. The molecule has 19 heavy (non-hydrogen) atoms. The van der Waals surface area contributed by atoms with Gasteiger partial charge in [0.15, 0.2) is 0 Å². The van der Waals surface area contributed by atoms with Gasteiger partial charge in [-0.2, -0.15) is 0 Å². The highest BCUT2D eigenvalue weighted by Crippen LogP contribution is 2.20. The lowest BCUT2D eigenvalue weighted by atomic mass is 10.1. The second kappa shape index (κ2) is 6.29. The fourth-order valence-corrected chi connectivity index (χ4v) is 1.80. The first-order chi connectivity index (χ1) is 9.16. The van der Waals surface area contributed by atoms with Crippen molar-refractivity contribution >= 4 is 0 Å². The van der Waals surface area contributed by atoms with E-state index in [-0.39, 0.29) is 11.9 Å². The van der Waals surface area contributed by atoms with E-state index in [9.17, 15) is 4.39 Å². The molecule has 1 aromatic carbocycles. The summed E-state index contributed by atoms with van der Waals surface area (Å²) >= 11 is 0. The molecule has 3 nitrogen and oxygen atoms in total. The second-order valence-electron chi connectivity index (χ2n) is 4.43. The molecule has 0 amide bonds. The molecule has 0 bridgehead atoms. The quantitative estimate of drug-likeness (QED) is 0.899. The van der Waals surface area contributed by atoms with E-state index in [4.69, 9.17) is 10.5 Å². The predicted molar refractivity (Wildman–Crippen MR) is 72.4 cm³/mol. The minimum absolute atomic E-state index is 0.315. The van der Waals surface area contributed by atoms with Gasteiger partial charge in [-0.25, -0.2) is 4.39 Å². The van der Waals surface area contributed by atoms with Gasteiger partial charge in [0, 0.05) is 36.5 Å². The van der Waals surface area contributed by atoms with Crippen LogP contribution in [0, 0.1) is 5.82 Å². The molecule has 0 saturated carbocycles. The van der Waals surface area contributed by atoms with Gasteiger partial charge in [-0.1, -0.05) is 12.1 Å². The average Bonchev–Trinajstić information content (AvgIpc) is 2.39. The van der Waals surface area contributed by atoms with Gasteiger partial charge in [0.2, 0.25) is 0 Å². The van der Waals surface area contributed by atoms with E-state index in [0.717, 1.165) is 12.0 Å². The lowest BCUT2D eigenvalue weighted by Crippen LogP contribution is -2.08. The summed E-state index contributed by atoms with van der Waals surface area (Å²) in [6, 6.07) is 8.33.